The summed E-state index contributed by atoms with van der Waals surface area (Å²) in [6.07, 6.45) is 0. The molecule has 2 heteroatoms. The van der Waals surface area contributed by atoms with E-state index in [1.807, 2.05) is 6.07 Å². The smallest absolute Gasteiger partial charge is 0.105 e. The normalized spacial score (nSPS) is 10.3. The molecule has 1 nitrogen and oxygen atoms in total. The first kappa shape index (κ1) is 14.9. The minimum Gasteiger partial charge on any atom is -0.361 e. The van der Waals surface area contributed by atoms with Gasteiger partial charge in [0, 0.05) is 13.6 Å². The van der Waals surface area contributed by atoms with Crippen molar-refractivity contribution in [3.05, 3.63) is 47.0 Å². The number of thiocarbonyl (C=S) groups is 1. The maximum absolute atomic E-state index is 5.62. The zero-order valence-electron chi connectivity index (χ0n) is 12.0. The van der Waals surface area contributed by atoms with Gasteiger partial charge in [-0.1, -0.05) is 62.0 Å². The fraction of sp³-hybridized carbons (Fsp3) is 0.438. The van der Waals surface area contributed by atoms with Crippen LogP contribution in [0.1, 0.15) is 33.3 Å². The Kier molecular flexibility index (Phi) is 5.54. The molecule has 0 aliphatic carbocycles. The van der Waals surface area contributed by atoms with Crippen LogP contribution in [0.2, 0.25) is 0 Å². The van der Waals surface area contributed by atoms with Crippen molar-refractivity contribution in [2.45, 2.75) is 34.2 Å². The lowest BCUT2D eigenvalue weighted by atomic mass is 9.98. The van der Waals surface area contributed by atoms with Crippen molar-refractivity contribution in [1.29, 1.82) is 0 Å². The maximum atomic E-state index is 5.62. The average molecular weight is 261 g/mol. The summed E-state index contributed by atoms with van der Waals surface area (Å²) in [6, 6.07) is 10.4. The zero-order valence-corrected chi connectivity index (χ0v) is 12.8. The van der Waals surface area contributed by atoms with E-state index in [-0.39, 0.29) is 0 Å². The van der Waals surface area contributed by atoms with Crippen LogP contribution >= 0.6 is 12.2 Å². The molecule has 0 aliphatic heterocycles. The van der Waals surface area contributed by atoms with Gasteiger partial charge in [0.25, 0.3) is 0 Å². The van der Waals surface area contributed by atoms with Crippen LogP contribution in [-0.4, -0.2) is 16.9 Å². The second kappa shape index (κ2) is 6.69. The molecule has 1 rings (SSSR count). The van der Waals surface area contributed by atoms with E-state index in [1.54, 1.807) is 0 Å². The van der Waals surface area contributed by atoms with Gasteiger partial charge in [0.1, 0.15) is 4.99 Å². The monoisotopic (exact) mass is 261 g/mol. The highest BCUT2D eigenvalue weighted by Gasteiger charge is 2.15. The molecule has 0 amide bonds. The summed E-state index contributed by atoms with van der Waals surface area (Å²) in [7, 11) is 2.07. The predicted octanol–water partition coefficient (Wildman–Crippen LogP) is 4.44. The Morgan fingerprint density at radius 2 is 1.72 bits per heavy atom. The summed E-state index contributed by atoms with van der Waals surface area (Å²) in [4.78, 5) is 3.13. The van der Waals surface area contributed by atoms with Gasteiger partial charge in [0.2, 0.25) is 0 Å². The highest BCUT2D eigenvalue weighted by Crippen LogP contribution is 2.19. The molecule has 0 saturated carbocycles. The van der Waals surface area contributed by atoms with Crippen molar-refractivity contribution >= 4 is 17.2 Å². The Morgan fingerprint density at radius 3 is 2.17 bits per heavy atom. The molecule has 0 bridgehead atoms. The van der Waals surface area contributed by atoms with Crippen LogP contribution in [0.3, 0.4) is 0 Å². The molecular weight excluding hydrogens is 238 g/mol. The standard InChI is InChI=1S/C16H23NS/c1-12(2)15(13(3)4)16(18)17(5)11-14-9-7-6-8-10-14/h6-10,12H,11H2,1-5H3. The Labute approximate surface area is 117 Å². The molecular formula is C16H23NS. The van der Waals surface area contributed by atoms with E-state index >= 15 is 0 Å². The number of nitrogens with zero attached hydrogens (tertiary/aromatic N) is 1. The maximum Gasteiger partial charge on any atom is 0.105 e. The lowest BCUT2D eigenvalue weighted by Crippen LogP contribution is -2.28. The zero-order chi connectivity index (χ0) is 13.7. The molecule has 0 atom stereocenters. The summed E-state index contributed by atoms with van der Waals surface area (Å²) >= 11 is 5.62. The second-order valence-corrected chi connectivity index (χ2v) is 5.60. The van der Waals surface area contributed by atoms with Crippen LogP contribution in [0.15, 0.2) is 41.5 Å². The van der Waals surface area contributed by atoms with Crippen molar-refractivity contribution in [2.24, 2.45) is 5.92 Å². The van der Waals surface area contributed by atoms with Crippen LogP contribution in [0.25, 0.3) is 0 Å². The van der Waals surface area contributed by atoms with Gasteiger partial charge >= 0.3 is 0 Å². The summed E-state index contributed by atoms with van der Waals surface area (Å²) < 4.78 is 0. The molecule has 0 N–H and O–H groups in total. The van der Waals surface area contributed by atoms with E-state index in [2.05, 4.69) is 63.9 Å². The molecule has 18 heavy (non-hydrogen) atoms. The van der Waals surface area contributed by atoms with Crippen LogP contribution in [-0.2, 0) is 6.54 Å². The summed E-state index contributed by atoms with van der Waals surface area (Å²) in [5, 5.41) is 0. The SMILES string of the molecule is CC(C)=C(C(=S)N(C)Cc1ccccc1)C(C)C. The number of rotatable bonds is 4. The Morgan fingerprint density at radius 1 is 1.17 bits per heavy atom. The van der Waals surface area contributed by atoms with E-state index in [9.17, 15) is 0 Å². The molecule has 0 aromatic heterocycles. The van der Waals surface area contributed by atoms with Crippen LogP contribution in [0.4, 0.5) is 0 Å². The van der Waals surface area contributed by atoms with Crippen molar-refractivity contribution in [3.63, 3.8) is 0 Å². The van der Waals surface area contributed by atoms with Gasteiger partial charge in [-0.3, -0.25) is 0 Å². The highest BCUT2D eigenvalue weighted by molar-refractivity contribution is 7.80. The first-order chi connectivity index (χ1) is 8.43. The van der Waals surface area contributed by atoms with Gasteiger partial charge < -0.3 is 4.90 Å². The van der Waals surface area contributed by atoms with Gasteiger partial charge in [0.15, 0.2) is 0 Å². The van der Waals surface area contributed by atoms with Crippen LogP contribution in [0.5, 0.6) is 0 Å². The second-order valence-electron chi connectivity index (χ2n) is 5.22. The third-order valence-corrected chi connectivity index (χ3v) is 3.49. The molecule has 0 unspecified atom stereocenters. The van der Waals surface area contributed by atoms with E-state index < -0.39 is 0 Å². The first-order valence-electron chi connectivity index (χ1n) is 6.40. The number of hydrogen-bond acceptors (Lipinski definition) is 1. The molecule has 1 aromatic carbocycles. The third kappa shape index (κ3) is 3.95. The fourth-order valence-corrected chi connectivity index (χ4v) is 2.68. The highest BCUT2D eigenvalue weighted by atomic mass is 32.1. The van der Waals surface area contributed by atoms with Crippen molar-refractivity contribution in [1.82, 2.24) is 4.90 Å². The van der Waals surface area contributed by atoms with E-state index in [0.717, 1.165) is 11.5 Å². The van der Waals surface area contributed by atoms with Gasteiger partial charge in [-0.05, 0) is 30.9 Å². The van der Waals surface area contributed by atoms with Gasteiger partial charge in [-0.25, -0.2) is 0 Å². The minimum atomic E-state index is 0.473. The lowest BCUT2D eigenvalue weighted by molar-refractivity contribution is 0.503. The largest absolute Gasteiger partial charge is 0.361 e. The molecule has 1 aromatic rings. The minimum absolute atomic E-state index is 0.473. The molecule has 0 aliphatic rings. The lowest BCUT2D eigenvalue weighted by Gasteiger charge is -2.25. The number of benzene rings is 1. The molecule has 0 heterocycles. The van der Waals surface area contributed by atoms with Gasteiger partial charge in [-0.2, -0.15) is 0 Å². The van der Waals surface area contributed by atoms with E-state index in [0.29, 0.717) is 5.92 Å². The number of allylic oxidation sites excluding steroid dienone is 1. The van der Waals surface area contributed by atoms with E-state index in [1.165, 1.54) is 16.7 Å². The van der Waals surface area contributed by atoms with Gasteiger partial charge in [0.05, 0.1) is 0 Å². The Bertz CT molecular complexity index is 428. The topological polar surface area (TPSA) is 3.24 Å². The Balaban J connectivity index is 2.82. The molecule has 0 saturated heterocycles. The van der Waals surface area contributed by atoms with Crippen LogP contribution in [0, 0.1) is 5.92 Å². The molecule has 98 valence electrons. The molecule has 0 spiro atoms. The summed E-state index contributed by atoms with van der Waals surface area (Å²) in [5.41, 5.74) is 3.90. The van der Waals surface area contributed by atoms with Crippen molar-refractivity contribution < 1.29 is 0 Å². The van der Waals surface area contributed by atoms with Gasteiger partial charge in [-0.15, -0.1) is 0 Å². The molecule has 0 radical (unpaired) electrons. The Hall–Kier alpha value is -1.15. The van der Waals surface area contributed by atoms with E-state index in [4.69, 9.17) is 12.2 Å². The average Bonchev–Trinajstić information content (AvgIpc) is 2.29. The van der Waals surface area contributed by atoms with Crippen LogP contribution < -0.4 is 0 Å². The third-order valence-electron chi connectivity index (χ3n) is 2.96. The summed E-state index contributed by atoms with van der Waals surface area (Å²) in [5.74, 6) is 0.473. The number of likely N-dealkylation sites (N-methyl/N-ethyl adjacent to an activating group) is 1. The quantitative estimate of drug-likeness (QED) is 0.582. The molecule has 0 fully saturated rings. The first-order valence-corrected chi connectivity index (χ1v) is 6.81. The number of hydrogen-bond donors (Lipinski definition) is 0. The van der Waals surface area contributed by atoms with Crippen molar-refractivity contribution in [2.75, 3.05) is 7.05 Å². The summed E-state index contributed by atoms with van der Waals surface area (Å²) in [6.45, 7) is 9.54. The predicted molar refractivity (Wildman–Crippen MR) is 83.7 cm³/mol. The van der Waals surface area contributed by atoms with Crippen molar-refractivity contribution in [3.8, 4) is 0 Å². The fourth-order valence-electron chi connectivity index (χ4n) is 2.17.